The van der Waals surface area contributed by atoms with E-state index < -0.39 is 0 Å². The highest BCUT2D eigenvalue weighted by molar-refractivity contribution is 9.10. The van der Waals surface area contributed by atoms with E-state index in [2.05, 4.69) is 31.3 Å². The van der Waals surface area contributed by atoms with Crippen LogP contribution in [0.25, 0.3) is 0 Å². The Balaban J connectivity index is 2.16. The van der Waals surface area contributed by atoms with E-state index in [9.17, 15) is 0 Å². The second-order valence-electron chi connectivity index (χ2n) is 2.51. The zero-order valence-electron chi connectivity index (χ0n) is 7.09. The largest absolute Gasteiger partial charge is 0.437 e. The van der Waals surface area contributed by atoms with Crippen molar-refractivity contribution in [1.82, 2.24) is 15.4 Å². The predicted octanol–water partition coefficient (Wildman–Crippen LogP) is 2.43. The number of nitrogens with zero attached hydrogens (tertiary/aromatic N) is 3. The lowest BCUT2D eigenvalue weighted by Gasteiger charge is -2.02. The number of hydrogen-bond acceptors (Lipinski definition) is 4. The van der Waals surface area contributed by atoms with Crippen LogP contribution < -0.4 is 4.74 Å². The molecule has 2 rings (SSSR count). The highest BCUT2D eigenvalue weighted by Gasteiger charge is 1.97. The van der Waals surface area contributed by atoms with Gasteiger partial charge >= 0.3 is 0 Å². The van der Waals surface area contributed by atoms with Gasteiger partial charge in [0.2, 0.25) is 5.88 Å². The Morgan fingerprint density at radius 2 is 1.86 bits per heavy atom. The van der Waals surface area contributed by atoms with E-state index in [1.165, 1.54) is 6.20 Å². The van der Waals surface area contributed by atoms with Crippen LogP contribution in [0.2, 0.25) is 0 Å². The van der Waals surface area contributed by atoms with Gasteiger partial charge in [0.05, 0.1) is 6.20 Å². The maximum atomic E-state index is 5.40. The summed E-state index contributed by atoms with van der Waals surface area (Å²) in [5.41, 5.74) is 0. The third kappa shape index (κ3) is 2.26. The normalized spacial score (nSPS) is 9.79. The first kappa shape index (κ1) is 9.08. The molecule has 1 heterocycles. The molecule has 0 bridgehead atoms. The zero-order valence-corrected chi connectivity index (χ0v) is 8.68. The van der Waals surface area contributed by atoms with Crippen LogP contribution >= 0.6 is 15.9 Å². The first-order chi connectivity index (χ1) is 6.84. The van der Waals surface area contributed by atoms with Crippen LogP contribution in [0, 0.1) is 0 Å². The van der Waals surface area contributed by atoms with Crippen molar-refractivity contribution < 1.29 is 4.74 Å². The summed E-state index contributed by atoms with van der Waals surface area (Å²) < 4.78 is 6.40. The highest BCUT2D eigenvalue weighted by atomic mass is 79.9. The van der Waals surface area contributed by atoms with Crippen molar-refractivity contribution in [2.75, 3.05) is 0 Å². The van der Waals surface area contributed by atoms with Gasteiger partial charge in [-0.1, -0.05) is 21.0 Å². The molecule has 0 aliphatic heterocycles. The van der Waals surface area contributed by atoms with Crippen LogP contribution in [0.5, 0.6) is 11.6 Å². The summed E-state index contributed by atoms with van der Waals surface area (Å²) in [5, 5.41) is 10.7. The smallest absolute Gasteiger partial charge is 0.242 e. The minimum Gasteiger partial charge on any atom is -0.437 e. The van der Waals surface area contributed by atoms with Crippen molar-refractivity contribution in [1.29, 1.82) is 0 Å². The van der Waals surface area contributed by atoms with E-state index in [1.54, 1.807) is 6.07 Å². The van der Waals surface area contributed by atoms with Crippen LogP contribution in [-0.4, -0.2) is 15.4 Å². The maximum Gasteiger partial charge on any atom is 0.242 e. The third-order valence-electron chi connectivity index (χ3n) is 1.51. The minimum absolute atomic E-state index is 0.433. The minimum atomic E-state index is 0.433. The average molecular weight is 252 g/mol. The van der Waals surface area contributed by atoms with Gasteiger partial charge in [-0.3, -0.25) is 0 Å². The molecule has 0 amide bonds. The Morgan fingerprint density at radius 1 is 1.07 bits per heavy atom. The summed E-state index contributed by atoms with van der Waals surface area (Å²) in [5.74, 6) is 1.15. The second kappa shape index (κ2) is 4.15. The van der Waals surface area contributed by atoms with Crippen molar-refractivity contribution in [3.63, 3.8) is 0 Å². The summed E-state index contributed by atoms with van der Waals surface area (Å²) in [6.07, 6.45) is 1.53. The first-order valence-corrected chi connectivity index (χ1v) is 4.72. The molecule has 0 fully saturated rings. The number of ether oxygens (including phenoxy) is 1. The van der Waals surface area contributed by atoms with Crippen molar-refractivity contribution in [2.24, 2.45) is 0 Å². The molecule has 70 valence electrons. The molecular weight excluding hydrogens is 246 g/mol. The zero-order chi connectivity index (χ0) is 9.80. The standard InChI is InChI=1S/C9H6BrN3O/c10-7-1-3-8(4-2-7)14-9-5-6-11-13-12-9/h1-6H. The number of hydrogen-bond donors (Lipinski definition) is 0. The Bertz CT molecular complexity index is 404. The van der Waals surface area contributed by atoms with Crippen molar-refractivity contribution in [3.05, 3.63) is 41.0 Å². The molecule has 0 aliphatic carbocycles. The highest BCUT2D eigenvalue weighted by Crippen LogP contribution is 2.20. The summed E-state index contributed by atoms with van der Waals surface area (Å²) in [6.45, 7) is 0. The van der Waals surface area contributed by atoms with Crippen molar-refractivity contribution >= 4 is 15.9 Å². The van der Waals surface area contributed by atoms with Crippen molar-refractivity contribution in [3.8, 4) is 11.6 Å². The Morgan fingerprint density at radius 3 is 2.50 bits per heavy atom. The van der Waals surface area contributed by atoms with Gasteiger partial charge in [-0.25, -0.2) is 0 Å². The van der Waals surface area contributed by atoms with Crippen LogP contribution in [0.4, 0.5) is 0 Å². The lowest BCUT2D eigenvalue weighted by molar-refractivity contribution is 0.450. The predicted molar refractivity (Wildman–Crippen MR) is 54.0 cm³/mol. The summed E-state index contributed by atoms with van der Waals surface area (Å²) in [4.78, 5) is 0. The Kier molecular flexibility index (Phi) is 2.69. The van der Waals surface area contributed by atoms with Gasteiger partial charge in [0.15, 0.2) is 0 Å². The SMILES string of the molecule is Brc1ccc(Oc2ccnnn2)cc1. The molecule has 0 saturated heterocycles. The fourth-order valence-electron chi connectivity index (χ4n) is 0.908. The number of benzene rings is 1. The van der Waals surface area contributed by atoms with E-state index in [1.807, 2.05) is 24.3 Å². The molecule has 0 spiro atoms. The molecule has 0 unspecified atom stereocenters. The van der Waals surface area contributed by atoms with Crippen LogP contribution in [0.15, 0.2) is 41.0 Å². The molecular formula is C9H6BrN3O. The molecule has 1 aromatic carbocycles. The first-order valence-electron chi connectivity index (χ1n) is 3.92. The van der Waals surface area contributed by atoms with Crippen molar-refractivity contribution in [2.45, 2.75) is 0 Å². The van der Waals surface area contributed by atoms with Gasteiger partial charge in [0.1, 0.15) is 5.75 Å². The lowest BCUT2D eigenvalue weighted by atomic mass is 10.3. The van der Waals surface area contributed by atoms with E-state index in [4.69, 9.17) is 4.74 Å². The molecule has 0 radical (unpaired) electrons. The van der Waals surface area contributed by atoms with Gasteiger partial charge in [0, 0.05) is 10.5 Å². The average Bonchev–Trinajstić information content (AvgIpc) is 2.23. The number of aromatic nitrogens is 3. The molecule has 0 N–H and O–H groups in total. The molecule has 0 aliphatic rings. The van der Waals surface area contributed by atoms with E-state index >= 15 is 0 Å². The van der Waals surface area contributed by atoms with Gasteiger partial charge < -0.3 is 4.74 Å². The lowest BCUT2D eigenvalue weighted by Crippen LogP contribution is -1.90. The van der Waals surface area contributed by atoms with Crippen LogP contribution in [-0.2, 0) is 0 Å². The molecule has 2 aromatic rings. The second-order valence-corrected chi connectivity index (χ2v) is 3.43. The monoisotopic (exact) mass is 251 g/mol. The molecule has 0 saturated carbocycles. The maximum absolute atomic E-state index is 5.40. The Hall–Kier alpha value is -1.49. The molecule has 0 atom stereocenters. The summed E-state index contributed by atoms with van der Waals surface area (Å²) in [7, 11) is 0. The fourth-order valence-corrected chi connectivity index (χ4v) is 1.17. The number of rotatable bonds is 2. The Labute approximate surface area is 89.1 Å². The van der Waals surface area contributed by atoms with Crippen LogP contribution in [0.3, 0.4) is 0 Å². The molecule has 4 nitrogen and oxygen atoms in total. The van der Waals surface area contributed by atoms with Gasteiger partial charge in [-0.15, -0.1) is 5.10 Å². The van der Waals surface area contributed by atoms with Crippen LogP contribution in [0.1, 0.15) is 0 Å². The summed E-state index contributed by atoms with van der Waals surface area (Å²) >= 11 is 3.34. The van der Waals surface area contributed by atoms with Gasteiger partial charge in [0.25, 0.3) is 0 Å². The third-order valence-corrected chi connectivity index (χ3v) is 2.04. The van der Waals surface area contributed by atoms with E-state index in [0.717, 1.165) is 4.47 Å². The van der Waals surface area contributed by atoms with Gasteiger partial charge in [-0.2, -0.15) is 0 Å². The summed E-state index contributed by atoms with van der Waals surface area (Å²) in [6, 6.07) is 9.11. The quantitative estimate of drug-likeness (QED) is 0.823. The number of halogens is 1. The van der Waals surface area contributed by atoms with Gasteiger partial charge in [-0.05, 0) is 29.5 Å². The molecule has 5 heteroatoms. The molecule has 14 heavy (non-hydrogen) atoms. The van der Waals surface area contributed by atoms with E-state index in [-0.39, 0.29) is 0 Å². The van der Waals surface area contributed by atoms with E-state index in [0.29, 0.717) is 11.6 Å². The fraction of sp³-hybridized carbons (Fsp3) is 0. The topological polar surface area (TPSA) is 47.9 Å². The molecule has 1 aromatic heterocycles.